The van der Waals surface area contributed by atoms with E-state index in [1.807, 2.05) is 19.1 Å². The standard InChI is InChI=1S/C37H58N6O18.C32H48N4O17/c1-17(46)20(4-2-3-9-38)39-41-25(47)12-18-5-7-19(8-6-18)21-13-43(42-40-21)10-11-56-36-33(55)34(61-37-32(54)30(52)27(49)23(15-45)59-37)28(50)24(60-36)16-57-35-31(53)29(51)26(48)22(14-44)58-35;1-2-33-20(39)9-14-3-5-15(6-4-14)16-10-36(35-34-16)7-8-48-31-28(47)29(53-32-27(46)25(44)22(41)18(12-38)51-32)23(42)19(52-31)13-49-30-26(45)24(43)21(40)17(11-37)50-30/h5-8,13,20,22-24,26-37,39,44-45,48-55H,2-4,9-12,14-16,38H2,1H3,(H,41,47);3-6,10,17-19,21-32,37-38,40-47H,2,7-9,11-13H2,1H3,(H,33,39)/t20-,22+,23+,24+,26+,27+,28+,29-,30-,31-,32-,33-,34-,35-,36-,37+;17-,18-,19-,21-,22-,23-,24+,25+,26+,27+,28+,29+,30+,31+,32-/m01/s1. The van der Waals surface area contributed by atoms with Gasteiger partial charge in [0.2, 0.25) is 11.8 Å². The first kappa shape index (κ1) is 91.9. The Morgan fingerprint density at radius 3 is 1.16 bits per heavy atom. The summed E-state index contributed by atoms with van der Waals surface area (Å²) in [6, 6.07) is 13.7. The Bertz CT molecular complexity index is 3540. The molecule has 0 saturated carbocycles. The zero-order valence-electron chi connectivity index (χ0n) is 62.0. The van der Waals surface area contributed by atoms with Gasteiger partial charge in [-0.3, -0.25) is 19.8 Å². The number of hydrazine groups is 1. The number of amides is 2. The number of carbonyl (C=O) groups is 3. The fraction of sp³-hybridized carbons (Fsp3) is 0.725. The molecule has 642 valence electrons. The maximum atomic E-state index is 12.5. The zero-order chi connectivity index (χ0) is 82.8. The SMILES string of the molecule is CC(=O)[C@H](CCCCN)NNC(=O)Cc1ccc(-c2cn(CCO[C@H]3O[C@H](CO[C@H]4O[C@H](CO)[C@@H](O)[C@H](O)[C@@H]4O)[C@@H](O)[C@H](O[C@H]4O[C@H](CO)[C@@H](O)[C@H](O)[C@@H]4O)[C@@H]3O)nn2)cc1.CCNC(=O)Cc1ccc(-c2cn(CCO[C@H]3O[C@H](CO[C@H]4O[C@H](CO)[C@@H](O)[C@H](O)[C@@H]4O)[C@@H](O)[C@H](O[C@H]4O[C@H](CO)[C@@H](O)[C@H](O)[C@@H]4O)[C@@H]3O)nn2)cc1. The molecular weight excluding hydrogens is 1530 g/mol. The van der Waals surface area contributed by atoms with Gasteiger partial charge >= 0.3 is 0 Å². The van der Waals surface area contributed by atoms with Crippen LogP contribution >= 0.6 is 0 Å². The van der Waals surface area contributed by atoms with Crippen molar-refractivity contribution in [3.8, 4) is 22.5 Å². The number of rotatable bonds is 36. The molecule has 6 saturated heterocycles. The van der Waals surface area contributed by atoms with Gasteiger partial charge in [-0.05, 0) is 44.4 Å². The third-order valence-corrected chi connectivity index (χ3v) is 19.8. The number of unbranched alkanes of at least 4 members (excludes halogenated alkanes) is 1. The Labute approximate surface area is 650 Å². The van der Waals surface area contributed by atoms with Crippen LogP contribution in [-0.2, 0) is 97.2 Å². The van der Waals surface area contributed by atoms with Crippen LogP contribution in [0.5, 0.6) is 0 Å². The van der Waals surface area contributed by atoms with Crippen molar-refractivity contribution in [3.63, 3.8) is 0 Å². The number of nitrogens with one attached hydrogen (secondary N) is 3. The zero-order valence-corrected chi connectivity index (χ0v) is 62.0. The number of aromatic nitrogens is 6. The Morgan fingerprint density at radius 2 is 0.798 bits per heavy atom. The number of Topliss-reactive ketones (excluding diaryl/α,β-unsaturated/α-hetero) is 1. The molecule has 6 aliphatic rings. The highest BCUT2D eigenvalue weighted by molar-refractivity contribution is 5.83. The molecule has 6 aliphatic heterocycles. The van der Waals surface area contributed by atoms with Crippen LogP contribution in [0.3, 0.4) is 0 Å². The molecule has 2 aromatic carbocycles. The number of benzene rings is 2. The molecular formula is C69H106N10O35. The average molecular weight is 1640 g/mol. The van der Waals surface area contributed by atoms with Gasteiger partial charge in [0.15, 0.2) is 37.7 Å². The van der Waals surface area contributed by atoms with Gasteiger partial charge in [-0.15, -0.1) is 10.2 Å². The van der Waals surface area contributed by atoms with E-state index in [0.29, 0.717) is 42.0 Å². The molecule has 0 aliphatic carbocycles. The van der Waals surface area contributed by atoms with E-state index in [2.05, 4.69) is 36.8 Å². The highest BCUT2D eigenvalue weighted by Gasteiger charge is 2.55. The second-order valence-electron chi connectivity index (χ2n) is 28.0. The van der Waals surface area contributed by atoms with Crippen LogP contribution in [0, 0.1) is 0 Å². The number of aliphatic hydroxyl groups excluding tert-OH is 20. The van der Waals surface area contributed by atoms with Gasteiger partial charge in [0.05, 0.1) is 97.2 Å². The molecule has 4 aromatic rings. The maximum absolute atomic E-state index is 12.5. The van der Waals surface area contributed by atoms with E-state index in [0.717, 1.165) is 24.0 Å². The van der Waals surface area contributed by atoms with E-state index in [-0.39, 0.29) is 56.7 Å². The first-order chi connectivity index (χ1) is 54.5. The van der Waals surface area contributed by atoms with Crippen LogP contribution in [0.2, 0.25) is 0 Å². The van der Waals surface area contributed by atoms with Crippen LogP contribution in [0.4, 0.5) is 0 Å². The molecule has 0 bridgehead atoms. The van der Waals surface area contributed by atoms with Crippen LogP contribution in [0.1, 0.15) is 44.2 Å². The van der Waals surface area contributed by atoms with Gasteiger partial charge in [0.1, 0.15) is 164 Å². The quantitative estimate of drug-likeness (QED) is 0.0148. The van der Waals surface area contributed by atoms with E-state index in [1.54, 1.807) is 48.8 Å². The molecule has 0 unspecified atom stereocenters. The number of hydrogen-bond donors (Lipinski definition) is 24. The smallest absolute Gasteiger partial charge is 0.238 e. The molecule has 0 radical (unpaired) electrons. The Hall–Kier alpha value is -6.03. The Kier molecular flexibility index (Phi) is 35.1. The van der Waals surface area contributed by atoms with Crippen molar-refractivity contribution in [2.75, 3.05) is 65.9 Å². The molecule has 25 N–H and O–H groups in total. The number of carbonyl (C=O) groups excluding carboxylic acids is 3. The Morgan fingerprint density at radius 1 is 0.447 bits per heavy atom. The second-order valence-corrected chi connectivity index (χ2v) is 28.0. The number of ketones is 1. The van der Waals surface area contributed by atoms with E-state index in [9.17, 15) is 117 Å². The van der Waals surface area contributed by atoms with E-state index in [1.165, 1.54) is 16.3 Å². The largest absolute Gasteiger partial charge is 0.394 e. The van der Waals surface area contributed by atoms with Gasteiger partial charge in [-0.2, -0.15) is 0 Å². The van der Waals surface area contributed by atoms with Crippen molar-refractivity contribution >= 4 is 17.6 Å². The third-order valence-electron chi connectivity index (χ3n) is 19.8. The first-order valence-electron chi connectivity index (χ1n) is 37.1. The third kappa shape index (κ3) is 23.5. The second kappa shape index (κ2) is 43.6. The van der Waals surface area contributed by atoms with Crippen LogP contribution in [0.15, 0.2) is 60.9 Å². The number of aliphatic hydroxyl groups is 20. The van der Waals surface area contributed by atoms with Crippen LogP contribution in [0.25, 0.3) is 22.5 Å². The summed E-state index contributed by atoms with van der Waals surface area (Å²) in [5, 5.41) is 226. The predicted octanol–water partition coefficient (Wildman–Crippen LogP) is -12.3. The number of likely N-dealkylation sites (N-methyl/N-ethyl adjacent to an activating group) is 1. The summed E-state index contributed by atoms with van der Waals surface area (Å²) >= 11 is 0. The minimum Gasteiger partial charge on any atom is -0.394 e. The fourth-order valence-corrected chi connectivity index (χ4v) is 13.0. The summed E-state index contributed by atoms with van der Waals surface area (Å²) in [7, 11) is 0. The predicted molar refractivity (Wildman–Crippen MR) is 376 cm³/mol. The average Bonchev–Trinajstić information content (AvgIpc) is 1.05. The molecule has 114 heavy (non-hydrogen) atoms. The van der Waals surface area contributed by atoms with Crippen LogP contribution < -0.4 is 21.9 Å². The van der Waals surface area contributed by atoms with Gasteiger partial charge < -0.3 is 170 Å². The minimum absolute atomic E-state index is 0.0476. The molecule has 10 rings (SSSR count). The van der Waals surface area contributed by atoms with Gasteiger partial charge in [-0.25, -0.2) is 14.8 Å². The summed E-state index contributed by atoms with van der Waals surface area (Å²) in [5.74, 6) is -0.516. The van der Waals surface area contributed by atoms with Crippen molar-refractivity contribution in [1.82, 2.24) is 46.2 Å². The lowest BCUT2D eigenvalue weighted by Crippen LogP contribution is -2.65. The highest BCUT2D eigenvalue weighted by atomic mass is 16.8. The van der Waals surface area contributed by atoms with Crippen LogP contribution in [-0.4, -0.2) is 406 Å². The Balaban J connectivity index is 0.000000264. The van der Waals surface area contributed by atoms with Crippen molar-refractivity contribution in [3.05, 3.63) is 72.1 Å². The number of nitrogens with two attached hydrogens (primary N) is 1. The summed E-state index contributed by atoms with van der Waals surface area (Å²) in [6.45, 7) is -0.0215. The number of ether oxygens (including phenoxy) is 12. The topological polar surface area (TPSA) is 690 Å². The van der Waals surface area contributed by atoms with Gasteiger partial charge in [0, 0.05) is 17.7 Å². The van der Waals surface area contributed by atoms with E-state index < -0.39 is 230 Å². The molecule has 45 nitrogen and oxygen atoms in total. The van der Waals surface area contributed by atoms with Gasteiger partial charge in [0.25, 0.3) is 0 Å². The number of nitrogens with zero attached hydrogens (tertiary/aromatic N) is 6. The normalized spacial score (nSPS) is 36.2. The molecule has 2 aromatic heterocycles. The van der Waals surface area contributed by atoms with Gasteiger partial charge in [-0.1, -0.05) is 65.4 Å². The van der Waals surface area contributed by atoms with Crippen molar-refractivity contribution in [2.24, 2.45) is 5.73 Å². The lowest BCUT2D eigenvalue weighted by Gasteiger charge is -2.46. The van der Waals surface area contributed by atoms with Crippen molar-refractivity contribution in [1.29, 1.82) is 0 Å². The van der Waals surface area contributed by atoms with E-state index >= 15 is 0 Å². The first-order valence-corrected chi connectivity index (χ1v) is 37.1. The number of hydrogen-bond acceptors (Lipinski definition) is 41. The van der Waals surface area contributed by atoms with E-state index in [4.69, 9.17) is 62.6 Å². The molecule has 31 atom stereocenters. The fourth-order valence-electron chi connectivity index (χ4n) is 13.0. The monoisotopic (exact) mass is 1630 g/mol. The van der Waals surface area contributed by atoms with Crippen molar-refractivity contribution < 1.29 is 173 Å². The molecule has 2 amide bonds. The highest BCUT2D eigenvalue weighted by Crippen LogP contribution is 2.35. The summed E-state index contributed by atoms with van der Waals surface area (Å²) in [4.78, 5) is 36.3. The summed E-state index contributed by atoms with van der Waals surface area (Å²) < 4.78 is 70.2. The lowest BCUT2D eigenvalue weighted by molar-refractivity contribution is -0.366. The maximum Gasteiger partial charge on any atom is 0.238 e. The lowest BCUT2D eigenvalue weighted by atomic mass is 9.96. The minimum atomic E-state index is -1.90. The molecule has 0 spiro atoms. The molecule has 6 fully saturated rings. The summed E-state index contributed by atoms with van der Waals surface area (Å²) in [6.07, 6.45) is -44.2. The molecule has 45 heteroatoms. The van der Waals surface area contributed by atoms with Crippen molar-refractivity contribution in [2.45, 2.75) is 249 Å². The molecule has 8 heterocycles. The summed E-state index contributed by atoms with van der Waals surface area (Å²) in [5.41, 5.74) is 14.9.